The van der Waals surface area contributed by atoms with E-state index in [0.29, 0.717) is 25.5 Å². The monoisotopic (exact) mass is 701 g/mol. The number of carboxylic acid groups (broad SMARTS) is 1. The zero-order valence-corrected chi connectivity index (χ0v) is 26.3. The third-order valence-electron chi connectivity index (χ3n) is 7.56. The number of benzene rings is 1. The van der Waals surface area contributed by atoms with Crippen molar-refractivity contribution in [2.45, 2.75) is 82.6 Å². The number of halogens is 7. The molecule has 1 aromatic carbocycles. The fourth-order valence-corrected chi connectivity index (χ4v) is 7.36. The van der Waals surface area contributed by atoms with E-state index in [1.165, 1.54) is 18.6 Å². The highest BCUT2D eigenvalue weighted by atomic mass is 32.2. The van der Waals surface area contributed by atoms with Crippen LogP contribution in [-0.4, -0.2) is 71.0 Å². The minimum Gasteiger partial charge on any atom is -0.481 e. The van der Waals surface area contributed by atoms with E-state index in [9.17, 15) is 44.7 Å². The Morgan fingerprint density at radius 1 is 1.24 bits per heavy atom. The number of rotatable bonds is 13. The summed E-state index contributed by atoms with van der Waals surface area (Å²) < 4.78 is 130. The van der Waals surface area contributed by atoms with Crippen molar-refractivity contribution in [3.05, 3.63) is 35.1 Å². The first kappa shape index (κ1) is 35.7. The molecule has 10 nitrogen and oxygen atoms in total. The van der Waals surface area contributed by atoms with E-state index in [1.54, 1.807) is 4.90 Å². The maximum atomic E-state index is 15.7. The molecular formula is C27H30F7N5O5S2. The third kappa shape index (κ3) is 7.52. The summed E-state index contributed by atoms with van der Waals surface area (Å²) in [7, 11) is -5.25. The maximum Gasteiger partial charge on any atom is 0.404 e. The van der Waals surface area contributed by atoms with Crippen molar-refractivity contribution in [1.82, 2.24) is 24.7 Å². The zero-order valence-electron chi connectivity index (χ0n) is 24.7. The van der Waals surface area contributed by atoms with Gasteiger partial charge in [-0.25, -0.2) is 31.0 Å². The molecule has 3 heterocycles. The molecule has 1 aliphatic heterocycles. The summed E-state index contributed by atoms with van der Waals surface area (Å²) in [6.45, 7) is 3.57. The average Bonchev–Trinajstić information content (AvgIpc) is 3.70. The maximum absolute atomic E-state index is 15.7. The van der Waals surface area contributed by atoms with E-state index in [1.807, 2.05) is 0 Å². The van der Waals surface area contributed by atoms with Crippen LogP contribution in [0.15, 0.2) is 21.6 Å². The van der Waals surface area contributed by atoms with Crippen molar-refractivity contribution in [2.24, 2.45) is 5.41 Å². The van der Waals surface area contributed by atoms with Crippen LogP contribution in [0.3, 0.4) is 0 Å². The second kappa shape index (κ2) is 13.5. The summed E-state index contributed by atoms with van der Waals surface area (Å²) in [6, 6.07) is -1.65. The molecule has 0 radical (unpaired) electrons. The van der Waals surface area contributed by atoms with Gasteiger partial charge in [0.05, 0.1) is 21.5 Å². The summed E-state index contributed by atoms with van der Waals surface area (Å²) >= 11 is 0.720. The molecule has 1 aliphatic rings. The van der Waals surface area contributed by atoms with Gasteiger partial charge in [-0.3, -0.25) is 9.69 Å². The molecule has 4 rings (SSSR count). The van der Waals surface area contributed by atoms with Gasteiger partial charge in [-0.2, -0.15) is 22.9 Å². The largest absolute Gasteiger partial charge is 0.481 e. The molecule has 1 saturated heterocycles. The van der Waals surface area contributed by atoms with Crippen LogP contribution in [0.5, 0.6) is 0 Å². The first-order valence-corrected chi connectivity index (χ1v) is 16.3. The van der Waals surface area contributed by atoms with Gasteiger partial charge in [0, 0.05) is 24.6 Å². The number of sulfonamides is 1. The minimum absolute atomic E-state index is 0.000851. The topological polar surface area (TPSA) is 139 Å². The number of carboxylic acids is 1. The SMILES string of the molecule is CC[C@H](NS(=O)(=O)c1ccc(-c2sc(-c3noc(CC(C)(C)C(=O)O)n3)nc2CN2CCC[C@@H]2CF)c(C(F)F)c1F)C(F)(F)F. The molecule has 3 aromatic rings. The number of thiazole rings is 1. The van der Waals surface area contributed by atoms with Gasteiger partial charge < -0.3 is 9.63 Å². The molecule has 46 heavy (non-hydrogen) atoms. The van der Waals surface area contributed by atoms with Gasteiger partial charge in [0.2, 0.25) is 21.7 Å². The summed E-state index contributed by atoms with van der Waals surface area (Å²) in [5, 5.41) is 13.2. The molecule has 19 heteroatoms. The van der Waals surface area contributed by atoms with Gasteiger partial charge in [0.1, 0.15) is 17.6 Å². The lowest BCUT2D eigenvalue weighted by Gasteiger charge is -2.22. The Morgan fingerprint density at radius 3 is 2.52 bits per heavy atom. The Balaban J connectivity index is 1.83. The van der Waals surface area contributed by atoms with Crippen LogP contribution in [0.1, 0.15) is 63.6 Å². The van der Waals surface area contributed by atoms with Crippen molar-refractivity contribution in [2.75, 3.05) is 13.2 Å². The number of nitrogens with zero attached hydrogens (tertiary/aromatic N) is 4. The first-order valence-electron chi connectivity index (χ1n) is 14.0. The molecular weight excluding hydrogens is 671 g/mol. The average molecular weight is 702 g/mol. The van der Waals surface area contributed by atoms with Crippen molar-refractivity contribution in [1.29, 1.82) is 0 Å². The lowest BCUT2D eigenvalue weighted by Crippen LogP contribution is -2.45. The number of carbonyl (C=O) groups is 1. The molecule has 254 valence electrons. The summed E-state index contributed by atoms with van der Waals surface area (Å²) in [5.41, 5.74) is -3.08. The second-order valence-electron chi connectivity index (χ2n) is 11.4. The van der Waals surface area contributed by atoms with Crippen molar-refractivity contribution in [3.63, 3.8) is 0 Å². The lowest BCUT2D eigenvalue weighted by atomic mass is 9.90. The number of alkyl halides is 6. The highest BCUT2D eigenvalue weighted by molar-refractivity contribution is 7.89. The van der Waals surface area contributed by atoms with E-state index in [0.717, 1.165) is 24.3 Å². The molecule has 0 aliphatic carbocycles. The van der Waals surface area contributed by atoms with E-state index < -0.39 is 81.0 Å². The fraction of sp³-hybridized carbons (Fsp3) is 0.556. The van der Waals surface area contributed by atoms with Gasteiger partial charge in [0.25, 0.3) is 6.43 Å². The van der Waals surface area contributed by atoms with Gasteiger partial charge in [-0.15, -0.1) is 11.3 Å². The zero-order chi connectivity index (χ0) is 34.2. The van der Waals surface area contributed by atoms with Gasteiger partial charge in [-0.05, 0) is 45.7 Å². The highest BCUT2D eigenvalue weighted by Crippen LogP contribution is 2.43. The standard InChI is InChI=1S/C27H30F7N5O5S2/c1-4-17(27(32,33)34)38-46(42,43)16-8-7-14(19(20(16)29)22(30)31)21-15(12-39-9-5-6-13(39)11-28)35-24(45-21)23-36-18(44-37-23)10-26(2,3)25(40)41/h7-8,13,17,22,38H,4-6,9-12H2,1-3H3,(H,40,41)/t13-,17+/m1/s1. The molecule has 1 fully saturated rings. The highest BCUT2D eigenvalue weighted by Gasteiger charge is 2.42. The third-order valence-corrected chi connectivity index (χ3v) is 10.2. The smallest absolute Gasteiger partial charge is 0.404 e. The molecule has 2 atom stereocenters. The molecule has 0 amide bonds. The van der Waals surface area contributed by atoms with Crippen molar-refractivity contribution in [3.8, 4) is 21.3 Å². The van der Waals surface area contributed by atoms with Crippen LogP contribution in [0.2, 0.25) is 0 Å². The number of hydrogen-bond acceptors (Lipinski definition) is 9. The van der Waals surface area contributed by atoms with Crippen LogP contribution < -0.4 is 4.72 Å². The fourth-order valence-electron chi connectivity index (χ4n) is 4.93. The van der Waals surface area contributed by atoms with Gasteiger partial charge in [0.15, 0.2) is 10.8 Å². The van der Waals surface area contributed by atoms with Gasteiger partial charge in [-0.1, -0.05) is 18.1 Å². The normalized spacial score (nSPS) is 17.2. The predicted octanol–water partition coefficient (Wildman–Crippen LogP) is 6.14. The summed E-state index contributed by atoms with van der Waals surface area (Å²) in [4.78, 5) is 20.4. The summed E-state index contributed by atoms with van der Waals surface area (Å²) in [6.07, 6.45) is -8.38. The quantitative estimate of drug-likeness (QED) is 0.201. The first-order chi connectivity index (χ1) is 21.4. The van der Waals surface area contributed by atoms with E-state index in [2.05, 4.69) is 15.1 Å². The molecule has 0 bridgehead atoms. The van der Waals surface area contributed by atoms with Crippen LogP contribution in [0.25, 0.3) is 21.3 Å². The van der Waals surface area contributed by atoms with Crippen molar-refractivity contribution >= 4 is 27.3 Å². The molecule has 2 aromatic heterocycles. The van der Waals surface area contributed by atoms with Crippen LogP contribution in [-0.2, 0) is 27.8 Å². The Kier molecular flexibility index (Phi) is 10.5. The lowest BCUT2D eigenvalue weighted by molar-refractivity contribution is -0.151. The van der Waals surface area contributed by atoms with Crippen LogP contribution in [0.4, 0.5) is 30.7 Å². The number of hydrogen-bond donors (Lipinski definition) is 2. The predicted molar refractivity (Wildman–Crippen MR) is 151 cm³/mol. The Labute approximate surface area is 263 Å². The van der Waals surface area contributed by atoms with E-state index in [-0.39, 0.29) is 40.3 Å². The number of likely N-dealkylation sites (tertiary alicyclic amines) is 1. The summed E-state index contributed by atoms with van der Waals surface area (Å²) in [5.74, 6) is -3.29. The van der Waals surface area contributed by atoms with E-state index >= 15 is 4.39 Å². The van der Waals surface area contributed by atoms with E-state index in [4.69, 9.17) is 4.52 Å². The Morgan fingerprint density at radius 2 is 1.93 bits per heavy atom. The number of nitrogens with one attached hydrogen (secondary N) is 1. The molecule has 2 N–H and O–H groups in total. The van der Waals surface area contributed by atoms with Crippen LogP contribution in [0, 0.1) is 11.2 Å². The minimum atomic E-state index is -5.25. The molecule has 0 unspecified atom stereocenters. The van der Waals surface area contributed by atoms with Crippen molar-refractivity contribution < 1.29 is 53.6 Å². The van der Waals surface area contributed by atoms with Gasteiger partial charge >= 0.3 is 12.1 Å². The van der Waals surface area contributed by atoms with Crippen LogP contribution >= 0.6 is 11.3 Å². The number of aliphatic carboxylic acids is 1. The number of aromatic nitrogens is 3. The molecule has 0 saturated carbocycles. The second-order valence-corrected chi connectivity index (χ2v) is 14.0. The Hall–Kier alpha value is -3.16. The molecule has 0 spiro atoms. The Bertz CT molecular complexity index is 1680.